The average molecular weight is 317 g/mol. The van der Waals surface area contributed by atoms with Crippen LogP contribution in [0.4, 0.5) is 0 Å². The van der Waals surface area contributed by atoms with Gasteiger partial charge in [-0.05, 0) is 56.5 Å². The molecule has 0 radical (unpaired) electrons. The molecule has 1 N–H and O–H groups in total. The Kier molecular flexibility index (Phi) is 5.12. The van der Waals surface area contributed by atoms with Gasteiger partial charge in [-0.3, -0.25) is 0 Å². The maximum Gasteiger partial charge on any atom is 0.226 e. The highest BCUT2D eigenvalue weighted by atomic mass is 16.5. The maximum atomic E-state index is 5.39. The predicted molar refractivity (Wildman–Crippen MR) is 86.8 cm³/mol. The average Bonchev–Trinajstić information content (AvgIpc) is 3.09. The fraction of sp³-hybridized carbons (Fsp3) is 0.529. The van der Waals surface area contributed by atoms with Crippen LogP contribution in [0.1, 0.15) is 25.2 Å². The summed E-state index contributed by atoms with van der Waals surface area (Å²) in [4.78, 5) is 4.51. The largest absolute Gasteiger partial charge is 0.493 e. The number of piperidine rings is 1. The first kappa shape index (κ1) is 15.8. The van der Waals surface area contributed by atoms with E-state index in [2.05, 4.69) is 15.5 Å². The minimum absolute atomic E-state index is 0.589. The Balaban J connectivity index is 1.66. The zero-order valence-electron chi connectivity index (χ0n) is 13.7. The van der Waals surface area contributed by atoms with Crippen molar-refractivity contribution in [3.05, 3.63) is 24.1 Å². The lowest BCUT2D eigenvalue weighted by Gasteiger charge is -2.21. The summed E-state index contributed by atoms with van der Waals surface area (Å²) in [5, 5.41) is 7.47. The monoisotopic (exact) mass is 317 g/mol. The first-order chi connectivity index (χ1) is 11.3. The molecule has 1 aliphatic rings. The number of hydrogen-bond donors (Lipinski definition) is 1. The Morgan fingerprint density at radius 1 is 1.17 bits per heavy atom. The number of aryl methyl sites for hydroxylation is 1. The van der Waals surface area contributed by atoms with Crippen LogP contribution in [0.2, 0.25) is 0 Å². The third-order valence-corrected chi connectivity index (χ3v) is 4.34. The van der Waals surface area contributed by atoms with Crippen molar-refractivity contribution in [3.63, 3.8) is 0 Å². The van der Waals surface area contributed by atoms with Crippen LogP contribution >= 0.6 is 0 Å². The molecule has 0 bridgehead atoms. The number of nitrogens with zero attached hydrogens (tertiary/aromatic N) is 2. The molecule has 0 unspecified atom stereocenters. The number of hydrogen-bond acceptors (Lipinski definition) is 6. The summed E-state index contributed by atoms with van der Waals surface area (Å²) in [6, 6.07) is 5.61. The lowest BCUT2D eigenvalue weighted by atomic mass is 9.93. The maximum absolute atomic E-state index is 5.39. The van der Waals surface area contributed by atoms with Crippen LogP contribution in [-0.4, -0.2) is 37.4 Å². The molecule has 3 rings (SSSR count). The molecule has 0 atom stereocenters. The summed E-state index contributed by atoms with van der Waals surface area (Å²) in [6.45, 7) is 2.23. The van der Waals surface area contributed by atoms with Gasteiger partial charge >= 0.3 is 0 Å². The Morgan fingerprint density at radius 2 is 1.96 bits per heavy atom. The van der Waals surface area contributed by atoms with E-state index in [1.807, 2.05) is 18.2 Å². The Morgan fingerprint density at radius 3 is 2.70 bits per heavy atom. The van der Waals surface area contributed by atoms with E-state index in [0.717, 1.165) is 37.4 Å². The summed E-state index contributed by atoms with van der Waals surface area (Å²) in [7, 11) is 3.23. The molecule has 0 saturated carbocycles. The molecule has 124 valence electrons. The van der Waals surface area contributed by atoms with Crippen LogP contribution in [-0.2, 0) is 6.42 Å². The van der Waals surface area contributed by atoms with Gasteiger partial charge in [-0.1, -0.05) is 5.16 Å². The van der Waals surface area contributed by atoms with Crippen LogP contribution in [0.3, 0.4) is 0 Å². The van der Waals surface area contributed by atoms with Crippen molar-refractivity contribution in [2.24, 2.45) is 5.92 Å². The van der Waals surface area contributed by atoms with Crippen LogP contribution in [0.5, 0.6) is 11.5 Å². The van der Waals surface area contributed by atoms with E-state index in [0.29, 0.717) is 23.2 Å². The minimum Gasteiger partial charge on any atom is -0.493 e. The number of aromatic nitrogens is 2. The highest BCUT2D eigenvalue weighted by Crippen LogP contribution is 2.31. The van der Waals surface area contributed by atoms with Crippen molar-refractivity contribution in [3.8, 4) is 22.9 Å². The van der Waals surface area contributed by atoms with Gasteiger partial charge < -0.3 is 19.3 Å². The molecular weight excluding hydrogens is 294 g/mol. The smallest absolute Gasteiger partial charge is 0.226 e. The number of methoxy groups -OCH3 is 2. The van der Waals surface area contributed by atoms with E-state index < -0.39 is 0 Å². The SMILES string of the molecule is COc1ccc(-c2noc(CCC3CCNCC3)n2)cc1OC. The van der Waals surface area contributed by atoms with Crippen LogP contribution in [0.25, 0.3) is 11.4 Å². The number of nitrogens with one attached hydrogen (secondary N) is 1. The van der Waals surface area contributed by atoms with E-state index in [1.165, 1.54) is 12.8 Å². The minimum atomic E-state index is 0.589. The molecule has 1 aromatic heterocycles. The number of rotatable bonds is 6. The van der Waals surface area contributed by atoms with Crippen molar-refractivity contribution in [2.75, 3.05) is 27.3 Å². The van der Waals surface area contributed by atoms with Crippen molar-refractivity contribution in [2.45, 2.75) is 25.7 Å². The van der Waals surface area contributed by atoms with Gasteiger partial charge in [-0.2, -0.15) is 4.98 Å². The first-order valence-electron chi connectivity index (χ1n) is 8.06. The van der Waals surface area contributed by atoms with Crippen LogP contribution in [0, 0.1) is 5.92 Å². The predicted octanol–water partition coefficient (Wildman–Crippen LogP) is 2.69. The van der Waals surface area contributed by atoms with Crippen LogP contribution < -0.4 is 14.8 Å². The van der Waals surface area contributed by atoms with Gasteiger partial charge in [0.25, 0.3) is 0 Å². The highest BCUT2D eigenvalue weighted by molar-refractivity contribution is 5.60. The molecule has 0 amide bonds. The van der Waals surface area contributed by atoms with Gasteiger partial charge in [0.05, 0.1) is 14.2 Å². The molecule has 1 aliphatic heterocycles. The van der Waals surface area contributed by atoms with Crippen molar-refractivity contribution in [1.82, 2.24) is 15.5 Å². The molecule has 23 heavy (non-hydrogen) atoms. The number of ether oxygens (including phenoxy) is 2. The Bertz CT molecular complexity index is 636. The highest BCUT2D eigenvalue weighted by Gasteiger charge is 2.16. The van der Waals surface area contributed by atoms with E-state index in [4.69, 9.17) is 14.0 Å². The molecular formula is C17H23N3O3. The molecule has 0 aliphatic carbocycles. The normalized spacial score (nSPS) is 15.6. The second-order valence-corrected chi connectivity index (χ2v) is 5.81. The topological polar surface area (TPSA) is 69.4 Å². The molecule has 6 nitrogen and oxygen atoms in total. The van der Waals surface area contributed by atoms with Gasteiger partial charge in [0, 0.05) is 12.0 Å². The first-order valence-corrected chi connectivity index (χ1v) is 8.06. The molecule has 2 heterocycles. The third-order valence-electron chi connectivity index (χ3n) is 4.34. The molecule has 2 aromatic rings. The summed E-state index contributed by atoms with van der Waals surface area (Å²) in [6.07, 6.45) is 4.41. The van der Waals surface area contributed by atoms with Gasteiger partial charge in [-0.25, -0.2) is 0 Å². The van der Waals surface area contributed by atoms with Crippen molar-refractivity contribution in [1.29, 1.82) is 0 Å². The number of benzene rings is 1. The zero-order chi connectivity index (χ0) is 16.1. The van der Waals surface area contributed by atoms with E-state index in [1.54, 1.807) is 14.2 Å². The molecule has 1 fully saturated rings. The second-order valence-electron chi connectivity index (χ2n) is 5.81. The van der Waals surface area contributed by atoms with Gasteiger partial charge in [-0.15, -0.1) is 0 Å². The summed E-state index contributed by atoms with van der Waals surface area (Å²) < 4.78 is 15.9. The fourth-order valence-electron chi connectivity index (χ4n) is 2.95. The molecule has 6 heteroatoms. The van der Waals surface area contributed by atoms with Crippen molar-refractivity contribution < 1.29 is 14.0 Å². The van der Waals surface area contributed by atoms with E-state index >= 15 is 0 Å². The van der Waals surface area contributed by atoms with Gasteiger partial charge in [0.2, 0.25) is 11.7 Å². The summed E-state index contributed by atoms with van der Waals surface area (Å²) in [5.41, 5.74) is 0.861. The van der Waals surface area contributed by atoms with Gasteiger partial charge in [0.15, 0.2) is 11.5 Å². The lowest BCUT2D eigenvalue weighted by Crippen LogP contribution is -2.27. The van der Waals surface area contributed by atoms with Crippen molar-refractivity contribution >= 4 is 0 Å². The zero-order valence-corrected chi connectivity index (χ0v) is 13.7. The van der Waals surface area contributed by atoms with E-state index in [9.17, 15) is 0 Å². The molecule has 1 saturated heterocycles. The van der Waals surface area contributed by atoms with Crippen LogP contribution in [0.15, 0.2) is 22.7 Å². The Hall–Kier alpha value is -2.08. The Labute approximate surface area is 136 Å². The standard InChI is InChI=1S/C17H23N3O3/c1-21-14-5-4-13(11-15(14)22-2)17-19-16(23-20-17)6-3-12-7-9-18-10-8-12/h4-5,11-12,18H,3,6-10H2,1-2H3. The summed E-state index contributed by atoms with van der Waals surface area (Å²) >= 11 is 0. The second kappa shape index (κ2) is 7.46. The fourth-order valence-corrected chi connectivity index (χ4v) is 2.95. The third kappa shape index (κ3) is 3.82. The van der Waals surface area contributed by atoms with E-state index in [-0.39, 0.29) is 0 Å². The lowest BCUT2D eigenvalue weighted by molar-refractivity contribution is 0.324. The van der Waals surface area contributed by atoms with Gasteiger partial charge in [0.1, 0.15) is 0 Å². The summed E-state index contributed by atoms with van der Waals surface area (Å²) in [5.74, 6) is 3.39. The quantitative estimate of drug-likeness (QED) is 0.883. The molecule has 0 spiro atoms. The molecule has 1 aromatic carbocycles.